The molecule has 160 valence electrons. The molecule has 0 unspecified atom stereocenters. The molecule has 0 bridgehead atoms. The first-order valence-electron chi connectivity index (χ1n) is 10.0. The van der Waals surface area contributed by atoms with Gasteiger partial charge in [0.05, 0.1) is 34.6 Å². The molecule has 3 rings (SSSR count). The Morgan fingerprint density at radius 3 is 2.40 bits per heavy atom. The fraction of sp³-hybridized carbons (Fsp3) is 0.476. The number of likely N-dealkylation sites (tertiary alicyclic amines) is 1. The third-order valence-corrected chi connectivity index (χ3v) is 5.03. The van der Waals surface area contributed by atoms with Crippen molar-refractivity contribution in [3.8, 4) is 0 Å². The predicted molar refractivity (Wildman–Crippen MR) is 109 cm³/mol. The Hall–Kier alpha value is -3.23. The number of rotatable bonds is 5. The van der Waals surface area contributed by atoms with E-state index in [1.165, 1.54) is 0 Å². The summed E-state index contributed by atoms with van der Waals surface area (Å²) in [7, 11) is 0. The van der Waals surface area contributed by atoms with Crippen LogP contribution in [0.15, 0.2) is 18.2 Å². The van der Waals surface area contributed by atoms with Gasteiger partial charge in [0.1, 0.15) is 0 Å². The number of esters is 1. The fourth-order valence-corrected chi connectivity index (χ4v) is 3.26. The quantitative estimate of drug-likeness (QED) is 0.746. The van der Waals surface area contributed by atoms with E-state index in [1.807, 2.05) is 13.8 Å². The molecule has 0 radical (unpaired) electrons. The lowest BCUT2D eigenvalue weighted by molar-refractivity contribution is -0.125. The van der Waals surface area contributed by atoms with E-state index in [1.54, 1.807) is 30.0 Å². The molecule has 9 nitrogen and oxygen atoms in total. The van der Waals surface area contributed by atoms with Crippen molar-refractivity contribution in [1.82, 2.24) is 20.2 Å². The minimum Gasteiger partial charge on any atom is -0.452 e. The molecule has 1 aromatic heterocycles. The Labute approximate surface area is 174 Å². The Bertz CT molecular complexity index is 954. The standard InChI is InChI=1S/C21H26N4O5/c1-4-29-21(28)25-9-7-16(8-10-25)24-19(26)12-30-20(27)15-5-6-17-18(11-15)23-14(3)13(2)22-17/h5-6,11,16H,4,7-10,12H2,1-3H3,(H,24,26). The summed E-state index contributed by atoms with van der Waals surface area (Å²) in [4.78, 5) is 46.6. The summed E-state index contributed by atoms with van der Waals surface area (Å²) in [6, 6.07) is 4.86. The third kappa shape index (κ3) is 5.22. The van der Waals surface area contributed by atoms with Gasteiger partial charge in [0, 0.05) is 19.1 Å². The monoisotopic (exact) mass is 414 g/mol. The average molecular weight is 414 g/mol. The molecule has 1 N–H and O–H groups in total. The fourth-order valence-electron chi connectivity index (χ4n) is 3.26. The van der Waals surface area contributed by atoms with Crippen molar-refractivity contribution in [2.75, 3.05) is 26.3 Å². The molecule has 30 heavy (non-hydrogen) atoms. The van der Waals surface area contributed by atoms with E-state index in [2.05, 4.69) is 15.3 Å². The molecule has 1 aromatic carbocycles. The van der Waals surface area contributed by atoms with Gasteiger partial charge in [0.2, 0.25) is 0 Å². The normalized spacial score (nSPS) is 14.4. The number of nitrogens with zero attached hydrogens (tertiary/aromatic N) is 3. The Morgan fingerprint density at radius 2 is 1.73 bits per heavy atom. The summed E-state index contributed by atoms with van der Waals surface area (Å²) < 4.78 is 10.1. The molecule has 0 aliphatic carbocycles. The molecule has 0 spiro atoms. The van der Waals surface area contributed by atoms with Crippen LogP contribution in [0.2, 0.25) is 0 Å². The van der Waals surface area contributed by atoms with Gasteiger partial charge >= 0.3 is 12.1 Å². The Balaban J connectivity index is 1.48. The van der Waals surface area contributed by atoms with Crippen LogP contribution in [-0.4, -0.2) is 65.2 Å². The van der Waals surface area contributed by atoms with Crippen LogP contribution in [0.25, 0.3) is 11.0 Å². The number of hydrogen-bond acceptors (Lipinski definition) is 7. The zero-order valence-electron chi connectivity index (χ0n) is 17.4. The molecule has 1 saturated heterocycles. The third-order valence-electron chi connectivity index (χ3n) is 5.03. The molecule has 1 fully saturated rings. The first-order chi connectivity index (χ1) is 14.4. The smallest absolute Gasteiger partial charge is 0.409 e. The molecule has 9 heteroatoms. The summed E-state index contributed by atoms with van der Waals surface area (Å²) in [5.41, 5.74) is 3.24. The molecule has 1 aliphatic rings. The van der Waals surface area contributed by atoms with Gasteiger partial charge in [-0.05, 0) is 51.8 Å². The molecule has 0 atom stereocenters. The van der Waals surface area contributed by atoms with Crippen molar-refractivity contribution < 1.29 is 23.9 Å². The summed E-state index contributed by atoms with van der Waals surface area (Å²) in [5, 5.41) is 2.84. The Kier molecular flexibility index (Phi) is 6.81. The minimum absolute atomic E-state index is 0.0657. The highest BCUT2D eigenvalue weighted by Crippen LogP contribution is 2.15. The number of carbonyl (C=O) groups is 3. The number of nitrogens with one attached hydrogen (secondary N) is 1. The van der Waals surface area contributed by atoms with E-state index in [4.69, 9.17) is 9.47 Å². The van der Waals surface area contributed by atoms with Crippen LogP contribution in [0.4, 0.5) is 4.79 Å². The predicted octanol–water partition coefficient (Wildman–Crippen LogP) is 2.14. The van der Waals surface area contributed by atoms with Gasteiger partial charge in [-0.3, -0.25) is 4.79 Å². The summed E-state index contributed by atoms with van der Waals surface area (Å²) in [6.45, 7) is 6.50. The highest BCUT2D eigenvalue weighted by molar-refractivity contribution is 5.94. The molecular formula is C21H26N4O5. The highest BCUT2D eigenvalue weighted by atomic mass is 16.6. The highest BCUT2D eigenvalue weighted by Gasteiger charge is 2.24. The second-order valence-corrected chi connectivity index (χ2v) is 7.20. The van der Waals surface area contributed by atoms with Crippen molar-refractivity contribution in [1.29, 1.82) is 0 Å². The van der Waals surface area contributed by atoms with Crippen molar-refractivity contribution in [3.63, 3.8) is 0 Å². The molecule has 2 amide bonds. The average Bonchev–Trinajstić information content (AvgIpc) is 2.73. The van der Waals surface area contributed by atoms with Gasteiger partial charge in [-0.25, -0.2) is 19.6 Å². The molecule has 2 heterocycles. The second kappa shape index (κ2) is 9.51. The van der Waals surface area contributed by atoms with Crippen LogP contribution in [0.3, 0.4) is 0 Å². The zero-order chi connectivity index (χ0) is 21.7. The number of hydrogen-bond donors (Lipinski definition) is 1. The lowest BCUT2D eigenvalue weighted by atomic mass is 10.1. The van der Waals surface area contributed by atoms with Crippen molar-refractivity contribution >= 4 is 29.0 Å². The van der Waals surface area contributed by atoms with Gasteiger partial charge in [-0.15, -0.1) is 0 Å². The van der Waals surface area contributed by atoms with Crippen LogP contribution in [0, 0.1) is 13.8 Å². The van der Waals surface area contributed by atoms with Gasteiger partial charge in [0.25, 0.3) is 5.91 Å². The van der Waals surface area contributed by atoms with Crippen LogP contribution < -0.4 is 5.32 Å². The lowest BCUT2D eigenvalue weighted by Gasteiger charge is -2.31. The number of aromatic nitrogens is 2. The summed E-state index contributed by atoms with van der Waals surface area (Å²) >= 11 is 0. The van der Waals surface area contributed by atoms with E-state index in [-0.39, 0.29) is 24.6 Å². The van der Waals surface area contributed by atoms with Crippen LogP contribution in [0.5, 0.6) is 0 Å². The number of piperidine rings is 1. The number of carbonyl (C=O) groups excluding carboxylic acids is 3. The number of ether oxygens (including phenoxy) is 2. The number of benzene rings is 1. The van der Waals surface area contributed by atoms with Gasteiger partial charge in [-0.1, -0.05) is 0 Å². The second-order valence-electron chi connectivity index (χ2n) is 7.20. The molecule has 1 aliphatic heterocycles. The summed E-state index contributed by atoms with van der Waals surface area (Å²) in [5.74, 6) is -0.964. The van der Waals surface area contributed by atoms with Crippen molar-refractivity contribution in [2.24, 2.45) is 0 Å². The van der Waals surface area contributed by atoms with Crippen LogP contribution >= 0.6 is 0 Å². The van der Waals surface area contributed by atoms with Crippen LogP contribution in [0.1, 0.15) is 41.5 Å². The van der Waals surface area contributed by atoms with Crippen LogP contribution in [-0.2, 0) is 14.3 Å². The minimum atomic E-state index is -0.593. The largest absolute Gasteiger partial charge is 0.452 e. The van der Waals surface area contributed by atoms with E-state index >= 15 is 0 Å². The number of fused-ring (bicyclic) bond motifs is 1. The maximum absolute atomic E-state index is 12.3. The van der Waals surface area contributed by atoms with Gasteiger partial charge < -0.3 is 19.7 Å². The Morgan fingerprint density at radius 1 is 1.07 bits per heavy atom. The summed E-state index contributed by atoms with van der Waals surface area (Å²) in [6.07, 6.45) is 0.919. The van der Waals surface area contributed by atoms with E-state index in [9.17, 15) is 14.4 Å². The first-order valence-corrected chi connectivity index (χ1v) is 10.0. The van der Waals surface area contributed by atoms with Crippen molar-refractivity contribution in [3.05, 3.63) is 35.2 Å². The molecule has 0 saturated carbocycles. The van der Waals surface area contributed by atoms with E-state index in [0.717, 1.165) is 11.4 Å². The lowest BCUT2D eigenvalue weighted by Crippen LogP contribution is -2.47. The molecule has 2 aromatic rings. The first kappa shape index (κ1) is 21.5. The van der Waals surface area contributed by atoms with E-state index < -0.39 is 5.97 Å². The molecular weight excluding hydrogens is 388 g/mol. The SMILES string of the molecule is CCOC(=O)N1CCC(NC(=O)COC(=O)c2ccc3nc(C)c(C)nc3c2)CC1. The van der Waals surface area contributed by atoms with Gasteiger partial charge in [0.15, 0.2) is 6.61 Å². The maximum Gasteiger partial charge on any atom is 0.409 e. The number of aryl methyl sites for hydroxylation is 2. The van der Waals surface area contributed by atoms with Gasteiger partial charge in [-0.2, -0.15) is 0 Å². The van der Waals surface area contributed by atoms with Crippen molar-refractivity contribution in [2.45, 2.75) is 39.7 Å². The van der Waals surface area contributed by atoms with E-state index in [0.29, 0.717) is 49.1 Å². The zero-order valence-corrected chi connectivity index (χ0v) is 17.4. The maximum atomic E-state index is 12.3. The number of amides is 2. The topological polar surface area (TPSA) is 111 Å².